The fourth-order valence-electron chi connectivity index (χ4n) is 10.3. The number of hydrogen-bond donors (Lipinski definition) is 0. The van der Waals surface area contributed by atoms with Crippen molar-refractivity contribution in [2.24, 2.45) is 0 Å². The minimum Gasteiger partial charge on any atom is -0.310 e. The first-order valence-electron chi connectivity index (χ1n) is 21.4. The van der Waals surface area contributed by atoms with Crippen LogP contribution in [-0.4, -0.2) is 0 Å². The van der Waals surface area contributed by atoms with Gasteiger partial charge in [-0.3, -0.25) is 0 Å². The lowest BCUT2D eigenvalue weighted by Crippen LogP contribution is -2.28. The van der Waals surface area contributed by atoms with E-state index in [1.165, 1.54) is 96.4 Å². The molecule has 0 N–H and O–H groups in total. The molecule has 0 amide bonds. The van der Waals surface area contributed by atoms with Crippen molar-refractivity contribution in [3.63, 3.8) is 0 Å². The fourth-order valence-corrected chi connectivity index (χ4v) is 10.3. The van der Waals surface area contributed by atoms with Gasteiger partial charge >= 0.3 is 0 Å². The Morgan fingerprint density at radius 2 is 0.850 bits per heavy atom. The molecule has 0 aromatic heterocycles. The van der Waals surface area contributed by atoms with Crippen LogP contribution in [0.3, 0.4) is 0 Å². The molecule has 0 unspecified atom stereocenters. The van der Waals surface area contributed by atoms with Crippen LogP contribution in [0.4, 0.5) is 17.1 Å². The smallest absolute Gasteiger partial charge is 0.0714 e. The third-order valence-electron chi connectivity index (χ3n) is 13.0. The second kappa shape index (κ2) is 15.2. The molecule has 286 valence electrons. The number of aryl methyl sites for hydroxylation is 1. The maximum absolute atomic E-state index is 2.55. The molecule has 0 heterocycles. The molecule has 0 saturated heterocycles. The third kappa shape index (κ3) is 5.92. The highest BCUT2D eigenvalue weighted by molar-refractivity contribution is 5.97. The average molecular weight is 768 g/mol. The van der Waals surface area contributed by atoms with Crippen molar-refractivity contribution < 1.29 is 0 Å². The van der Waals surface area contributed by atoms with E-state index in [-0.39, 0.29) is 0 Å². The average Bonchev–Trinajstić information content (AvgIpc) is 3.62. The number of hydrogen-bond acceptors (Lipinski definition) is 1. The molecule has 9 aromatic carbocycles. The molecular weight excluding hydrogens is 723 g/mol. The van der Waals surface area contributed by atoms with Gasteiger partial charge in [-0.2, -0.15) is 0 Å². The van der Waals surface area contributed by atoms with Crippen LogP contribution in [0.2, 0.25) is 0 Å². The summed E-state index contributed by atoms with van der Waals surface area (Å²) in [7, 11) is 0. The van der Waals surface area contributed by atoms with E-state index in [4.69, 9.17) is 0 Å². The number of benzene rings is 9. The second-order valence-corrected chi connectivity index (χ2v) is 16.2. The highest BCUT2D eigenvalue weighted by Gasteiger charge is 2.47. The van der Waals surface area contributed by atoms with Crippen LogP contribution in [0.25, 0.3) is 44.5 Å². The molecule has 0 radical (unpaired) electrons. The van der Waals surface area contributed by atoms with Gasteiger partial charge in [-0.05, 0) is 134 Å². The van der Waals surface area contributed by atoms with Gasteiger partial charge in [-0.25, -0.2) is 0 Å². The Morgan fingerprint density at radius 1 is 0.333 bits per heavy atom. The van der Waals surface area contributed by atoms with Crippen molar-refractivity contribution in [3.05, 3.63) is 258 Å². The van der Waals surface area contributed by atoms with Gasteiger partial charge in [-0.1, -0.05) is 188 Å². The SMILES string of the molecule is c1ccc(-c2ccccc2-c2ccc(N(c3ccccc3)c3cc4c(cc3-c3cccc5c3CCCC5)-c3ccccc3C4(c3ccccc3)c3ccccc3)cc2)cc1. The third-order valence-corrected chi connectivity index (χ3v) is 13.0. The predicted molar refractivity (Wildman–Crippen MR) is 251 cm³/mol. The minimum absolute atomic E-state index is 0.523. The summed E-state index contributed by atoms with van der Waals surface area (Å²) in [5, 5.41) is 0. The van der Waals surface area contributed by atoms with Crippen molar-refractivity contribution in [2.75, 3.05) is 4.90 Å². The van der Waals surface area contributed by atoms with E-state index in [9.17, 15) is 0 Å². The quantitative estimate of drug-likeness (QED) is 0.149. The Hall–Kier alpha value is -7.22. The summed E-state index contributed by atoms with van der Waals surface area (Å²) in [4.78, 5) is 2.51. The molecule has 1 nitrogen and oxygen atoms in total. The molecule has 0 bridgehead atoms. The van der Waals surface area contributed by atoms with Gasteiger partial charge in [0.2, 0.25) is 0 Å². The standard InChI is InChI=1S/C59H45N/c1-5-20-42(21-6-1)49-30-15-16-31-50(49)44-36-38-48(39-37-44)60(47-28-11-4-12-29-47)58-41-57-54(40-55(58)52-34-19-23-43-22-13-14-32-51(43)52)53-33-17-18-35-56(53)59(57,45-24-7-2-8-25-45)46-26-9-3-10-27-46/h1-12,15-21,23-31,33-41H,13-14,22,32H2. The van der Waals surface area contributed by atoms with Gasteiger partial charge < -0.3 is 4.90 Å². The summed E-state index contributed by atoms with van der Waals surface area (Å²) in [6.07, 6.45) is 4.68. The zero-order valence-electron chi connectivity index (χ0n) is 33.6. The maximum Gasteiger partial charge on any atom is 0.0714 e. The molecule has 2 aliphatic carbocycles. The van der Waals surface area contributed by atoms with E-state index in [1.807, 2.05) is 0 Å². The zero-order chi connectivity index (χ0) is 39.9. The number of anilines is 3. The molecule has 2 aliphatic rings. The first kappa shape index (κ1) is 35.9. The maximum atomic E-state index is 2.55. The van der Waals surface area contributed by atoms with Crippen LogP contribution in [0.1, 0.15) is 46.2 Å². The van der Waals surface area contributed by atoms with E-state index in [2.05, 4.69) is 229 Å². The van der Waals surface area contributed by atoms with Crippen molar-refractivity contribution >= 4 is 17.1 Å². The van der Waals surface area contributed by atoms with E-state index in [0.717, 1.165) is 24.2 Å². The van der Waals surface area contributed by atoms with E-state index in [0.29, 0.717) is 0 Å². The van der Waals surface area contributed by atoms with Crippen molar-refractivity contribution in [2.45, 2.75) is 31.1 Å². The number of nitrogens with zero attached hydrogens (tertiary/aromatic N) is 1. The lowest BCUT2D eigenvalue weighted by molar-refractivity contribution is 0.687. The van der Waals surface area contributed by atoms with Crippen molar-refractivity contribution in [3.8, 4) is 44.5 Å². The first-order chi connectivity index (χ1) is 29.8. The molecule has 1 heteroatoms. The van der Waals surface area contributed by atoms with Crippen LogP contribution >= 0.6 is 0 Å². The van der Waals surface area contributed by atoms with Crippen molar-refractivity contribution in [1.29, 1.82) is 0 Å². The summed E-state index contributed by atoms with van der Waals surface area (Å²) in [6, 6.07) is 83.3. The minimum atomic E-state index is -0.523. The molecule has 0 fully saturated rings. The van der Waals surface area contributed by atoms with Gasteiger partial charge in [0.25, 0.3) is 0 Å². The Morgan fingerprint density at radius 3 is 1.52 bits per heavy atom. The highest BCUT2D eigenvalue weighted by atomic mass is 15.1. The van der Waals surface area contributed by atoms with Crippen LogP contribution < -0.4 is 4.90 Å². The topological polar surface area (TPSA) is 3.24 Å². The largest absolute Gasteiger partial charge is 0.310 e. The van der Waals surface area contributed by atoms with Gasteiger partial charge in [0, 0.05) is 16.9 Å². The summed E-state index contributed by atoms with van der Waals surface area (Å²) >= 11 is 0. The number of rotatable bonds is 8. The van der Waals surface area contributed by atoms with Gasteiger partial charge in [-0.15, -0.1) is 0 Å². The fraction of sp³-hybridized carbons (Fsp3) is 0.0847. The summed E-state index contributed by atoms with van der Waals surface area (Å²) in [6.45, 7) is 0. The van der Waals surface area contributed by atoms with Crippen molar-refractivity contribution in [1.82, 2.24) is 0 Å². The second-order valence-electron chi connectivity index (χ2n) is 16.2. The first-order valence-corrected chi connectivity index (χ1v) is 21.4. The zero-order valence-corrected chi connectivity index (χ0v) is 33.6. The van der Waals surface area contributed by atoms with Gasteiger partial charge in [0.15, 0.2) is 0 Å². The van der Waals surface area contributed by atoms with E-state index >= 15 is 0 Å². The lowest BCUT2D eigenvalue weighted by atomic mass is 9.67. The van der Waals surface area contributed by atoms with Gasteiger partial charge in [0.1, 0.15) is 0 Å². The molecule has 60 heavy (non-hydrogen) atoms. The number of fused-ring (bicyclic) bond motifs is 4. The lowest BCUT2D eigenvalue weighted by Gasteiger charge is -2.36. The summed E-state index contributed by atoms with van der Waals surface area (Å²) in [5.41, 5.74) is 21.1. The Kier molecular flexibility index (Phi) is 9.09. The van der Waals surface area contributed by atoms with E-state index < -0.39 is 5.41 Å². The Labute approximate surface area is 353 Å². The molecule has 0 saturated carbocycles. The molecular formula is C59H45N. The summed E-state index contributed by atoms with van der Waals surface area (Å²) < 4.78 is 0. The van der Waals surface area contributed by atoms with Gasteiger partial charge in [0.05, 0.1) is 11.1 Å². The highest BCUT2D eigenvalue weighted by Crippen LogP contribution is 2.59. The molecule has 9 aromatic rings. The van der Waals surface area contributed by atoms with Crippen LogP contribution in [0.5, 0.6) is 0 Å². The molecule has 0 aliphatic heterocycles. The van der Waals surface area contributed by atoms with E-state index in [1.54, 1.807) is 0 Å². The molecule has 0 atom stereocenters. The van der Waals surface area contributed by atoms with Crippen LogP contribution in [0.15, 0.2) is 224 Å². The Bertz CT molecular complexity index is 2910. The monoisotopic (exact) mass is 767 g/mol. The predicted octanol–water partition coefficient (Wildman–Crippen LogP) is 15.4. The summed E-state index contributed by atoms with van der Waals surface area (Å²) in [5.74, 6) is 0. The molecule has 0 spiro atoms. The number of para-hydroxylation sites is 1. The normalized spacial score (nSPS) is 13.5. The van der Waals surface area contributed by atoms with Crippen LogP contribution in [0, 0.1) is 0 Å². The van der Waals surface area contributed by atoms with Crippen LogP contribution in [-0.2, 0) is 18.3 Å². The molecule has 11 rings (SSSR count). The Balaban J connectivity index is 1.20.